The first kappa shape index (κ1) is 16.0. The van der Waals surface area contributed by atoms with Gasteiger partial charge in [0.1, 0.15) is 5.75 Å². The molecule has 0 amide bonds. The molecule has 2 atom stereocenters. The zero-order valence-electron chi connectivity index (χ0n) is 12.8. The van der Waals surface area contributed by atoms with Crippen molar-refractivity contribution in [3.05, 3.63) is 29.8 Å². The molecule has 0 bridgehead atoms. The van der Waals surface area contributed by atoms with Gasteiger partial charge in [-0.25, -0.2) is 0 Å². The summed E-state index contributed by atoms with van der Waals surface area (Å²) in [5.74, 6) is 0.905. The van der Waals surface area contributed by atoms with Crippen molar-refractivity contribution >= 4 is 0 Å². The van der Waals surface area contributed by atoms with E-state index in [4.69, 9.17) is 9.47 Å². The Bertz CT molecular complexity index is 381. The molecule has 0 fully saturated rings. The number of benzene rings is 1. The predicted octanol–water partition coefficient (Wildman–Crippen LogP) is 3.03. The van der Waals surface area contributed by atoms with Gasteiger partial charge in [0.15, 0.2) is 0 Å². The quantitative estimate of drug-likeness (QED) is 0.783. The molecular weight excluding hydrogens is 238 g/mol. The summed E-state index contributed by atoms with van der Waals surface area (Å²) in [4.78, 5) is 0. The van der Waals surface area contributed by atoms with Gasteiger partial charge in [-0.2, -0.15) is 0 Å². The van der Waals surface area contributed by atoms with E-state index in [2.05, 4.69) is 31.3 Å². The summed E-state index contributed by atoms with van der Waals surface area (Å²) >= 11 is 0. The molecule has 0 saturated carbocycles. The third kappa shape index (κ3) is 4.22. The molecule has 108 valence electrons. The van der Waals surface area contributed by atoms with Gasteiger partial charge in [0.2, 0.25) is 0 Å². The molecule has 3 nitrogen and oxygen atoms in total. The van der Waals surface area contributed by atoms with Crippen LogP contribution in [0.1, 0.15) is 32.8 Å². The molecule has 0 aliphatic heterocycles. The molecule has 1 N–H and O–H groups in total. The maximum absolute atomic E-state index is 5.97. The number of hydrogen-bond acceptors (Lipinski definition) is 3. The van der Waals surface area contributed by atoms with Gasteiger partial charge in [0.25, 0.3) is 0 Å². The average Bonchev–Trinajstić information content (AvgIpc) is 2.45. The second-order valence-corrected chi connectivity index (χ2v) is 5.00. The number of rotatable bonds is 8. The van der Waals surface area contributed by atoms with E-state index in [0.717, 1.165) is 25.2 Å². The van der Waals surface area contributed by atoms with Crippen LogP contribution in [0.4, 0.5) is 0 Å². The molecule has 0 aliphatic rings. The van der Waals surface area contributed by atoms with Gasteiger partial charge in [-0.15, -0.1) is 0 Å². The molecule has 0 heterocycles. The maximum atomic E-state index is 5.97. The van der Waals surface area contributed by atoms with Crippen LogP contribution in [0.25, 0.3) is 0 Å². The predicted molar refractivity (Wildman–Crippen MR) is 79.9 cm³/mol. The van der Waals surface area contributed by atoms with Crippen molar-refractivity contribution in [3.63, 3.8) is 0 Å². The van der Waals surface area contributed by atoms with Crippen molar-refractivity contribution in [1.82, 2.24) is 5.32 Å². The van der Waals surface area contributed by atoms with E-state index in [1.165, 1.54) is 5.56 Å². The fourth-order valence-corrected chi connectivity index (χ4v) is 2.44. The van der Waals surface area contributed by atoms with Gasteiger partial charge < -0.3 is 14.8 Å². The van der Waals surface area contributed by atoms with Crippen LogP contribution in [0.3, 0.4) is 0 Å². The topological polar surface area (TPSA) is 30.5 Å². The zero-order chi connectivity index (χ0) is 14.3. The average molecular weight is 265 g/mol. The summed E-state index contributed by atoms with van der Waals surface area (Å²) in [5.41, 5.74) is 1.12. The first-order chi connectivity index (χ1) is 9.09. The van der Waals surface area contributed by atoms with Gasteiger partial charge in [0, 0.05) is 12.6 Å². The van der Waals surface area contributed by atoms with E-state index in [1.807, 2.05) is 26.1 Å². The molecule has 0 spiro atoms. The zero-order valence-corrected chi connectivity index (χ0v) is 12.8. The Kier molecular flexibility index (Phi) is 6.32. The minimum absolute atomic E-state index is 0.146. The van der Waals surface area contributed by atoms with Crippen LogP contribution < -0.4 is 10.1 Å². The number of hydrogen-bond donors (Lipinski definition) is 1. The Hall–Kier alpha value is -1.06. The lowest BCUT2D eigenvalue weighted by molar-refractivity contribution is -0.0534. The highest BCUT2D eigenvalue weighted by molar-refractivity contribution is 5.29. The second kappa shape index (κ2) is 7.51. The molecule has 19 heavy (non-hydrogen) atoms. The van der Waals surface area contributed by atoms with E-state index in [9.17, 15) is 0 Å². The molecular formula is C16H27NO2. The van der Waals surface area contributed by atoms with Crippen molar-refractivity contribution in [1.29, 1.82) is 0 Å². The van der Waals surface area contributed by atoms with Gasteiger partial charge in [-0.05, 0) is 51.4 Å². The summed E-state index contributed by atoms with van der Waals surface area (Å²) in [6, 6.07) is 8.51. The molecule has 2 unspecified atom stereocenters. The lowest BCUT2D eigenvalue weighted by atomic mass is 9.88. The van der Waals surface area contributed by atoms with E-state index >= 15 is 0 Å². The Labute approximate surface area is 117 Å². The van der Waals surface area contributed by atoms with Crippen molar-refractivity contribution in [2.24, 2.45) is 0 Å². The third-order valence-corrected chi connectivity index (χ3v) is 3.84. The maximum Gasteiger partial charge on any atom is 0.119 e. The van der Waals surface area contributed by atoms with Crippen molar-refractivity contribution in [2.45, 2.75) is 45.3 Å². The Morgan fingerprint density at radius 3 is 2.58 bits per heavy atom. The normalized spacial score (nSPS) is 15.8. The highest BCUT2D eigenvalue weighted by Gasteiger charge is 2.32. The fourth-order valence-electron chi connectivity index (χ4n) is 2.44. The molecule has 0 aromatic heterocycles. The summed E-state index contributed by atoms with van der Waals surface area (Å²) in [5, 5.41) is 3.40. The van der Waals surface area contributed by atoms with Crippen LogP contribution in [0, 0.1) is 0 Å². The first-order valence-electron chi connectivity index (χ1n) is 7.03. The lowest BCUT2D eigenvalue weighted by Gasteiger charge is -2.37. The summed E-state index contributed by atoms with van der Waals surface area (Å²) in [6.45, 7) is 7.14. The molecule has 1 aromatic carbocycles. The largest absolute Gasteiger partial charge is 0.497 e. The van der Waals surface area contributed by atoms with Gasteiger partial charge in [-0.3, -0.25) is 0 Å². The third-order valence-electron chi connectivity index (χ3n) is 3.84. The number of nitrogens with one attached hydrogen (secondary N) is 1. The smallest absolute Gasteiger partial charge is 0.119 e. The van der Waals surface area contributed by atoms with Crippen molar-refractivity contribution in [3.8, 4) is 5.75 Å². The van der Waals surface area contributed by atoms with E-state index in [0.29, 0.717) is 0 Å². The standard InChI is InChI=1S/C16H27NO2/c1-6-16(3,19-7-2)15(17-4)12-13-9-8-10-14(11-13)18-5/h8-11,15,17H,6-7,12H2,1-5H3. The fraction of sp³-hybridized carbons (Fsp3) is 0.625. The molecule has 0 aliphatic carbocycles. The van der Waals surface area contributed by atoms with Gasteiger partial charge in [0.05, 0.1) is 12.7 Å². The van der Waals surface area contributed by atoms with Crippen LogP contribution in [0.2, 0.25) is 0 Å². The van der Waals surface area contributed by atoms with Crippen LogP contribution >= 0.6 is 0 Å². The summed E-state index contributed by atoms with van der Waals surface area (Å²) in [6.07, 6.45) is 1.91. The lowest BCUT2D eigenvalue weighted by Crippen LogP contribution is -2.50. The van der Waals surface area contributed by atoms with E-state index < -0.39 is 0 Å². The molecule has 0 radical (unpaired) electrons. The Morgan fingerprint density at radius 2 is 2.05 bits per heavy atom. The number of methoxy groups -OCH3 is 1. The minimum Gasteiger partial charge on any atom is -0.497 e. The van der Waals surface area contributed by atoms with Crippen molar-refractivity contribution < 1.29 is 9.47 Å². The van der Waals surface area contributed by atoms with Crippen LogP contribution in [-0.2, 0) is 11.2 Å². The van der Waals surface area contributed by atoms with Crippen LogP contribution in [-0.4, -0.2) is 32.4 Å². The van der Waals surface area contributed by atoms with Crippen LogP contribution in [0.5, 0.6) is 5.75 Å². The number of ether oxygens (including phenoxy) is 2. The van der Waals surface area contributed by atoms with Crippen LogP contribution in [0.15, 0.2) is 24.3 Å². The van der Waals surface area contributed by atoms with Gasteiger partial charge in [-0.1, -0.05) is 19.1 Å². The molecule has 0 saturated heterocycles. The minimum atomic E-state index is -0.146. The molecule has 3 heteroatoms. The van der Waals surface area contributed by atoms with Crippen molar-refractivity contribution in [2.75, 3.05) is 20.8 Å². The highest BCUT2D eigenvalue weighted by atomic mass is 16.5. The first-order valence-corrected chi connectivity index (χ1v) is 7.03. The van der Waals surface area contributed by atoms with E-state index in [1.54, 1.807) is 7.11 Å². The summed E-state index contributed by atoms with van der Waals surface area (Å²) < 4.78 is 11.2. The highest BCUT2D eigenvalue weighted by Crippen LogP contribution is 2.24. The second-order valence-electron chi connectivity index (χ2n) is 5.00. The molecule has 1 aromatic rings. The van der Waals surface area contributed by atoms with Gasteiger partial charge >= 0.3 is 0 Å². The monoisotopic (exact) mass is 265 g/mol. The Morgan fingerprint density at radius 1 is 1.32 bits per heavy atom. The SMILES string of the molecule is CCOC(C)(CC)C(Cc1cccc(OC)c1)NC. The Balaban J connectivity index is 2.85. The summed E-state index contributed by atoms with van der Waals surface area (Å²) in [7, 11) is 3.70. The molecule has 1 rings (SSSR count). The number of likely N-dealkylation sites (N-methyl/N-ethyl adjacent to an activating group) is 1. The van der Waals surface area contributed by atoms with E-state index in [-0.39, 0.29) is 11.6 Å².